The van der Waals surface area contributed by atoms with Crippen molar-refractivity contribution in [2.75, 3.05) is 32.7 Å². The van der Waals surface area contributed by atoms with Gasteiger partial charge in [-0.25, -0.2) is 8.42 Å². The quantitative estimate of drug-likeness (QED) is 0.818. The second kappa shape index (κ2) is 8.50. The van der Waals surface area contributed by atoms with Crippen LogP contribution in [-0.2, 0) is 14.8 Å². The molecule has 1 aliphatic heterocycles. The van der Waals surface area contributed by atoms with Crippen LogP contribution in [-0.4, -0.2) is 62.3 Å². The number of benzene rings is 1. The fourth-order valence-electron chi connectivity index (χ4n) is 3.94. The van der Waals surface area contributed by atoms with Crippen LogP contribution in [0.5, 0.6) is 0 Å². The third-order valence-corrected chi connectivity index (χ3v) is 7.54. The van der Waals surface area contributed by atoms with E-state index in [0.717, 1.165) is 44.3 Å². The summed E-state index contributed by atoms with van der Waals surface area (Å²) in [5, 5.41) is 3.23. The molecule has 0 aromatic heterocycles. The number of carbonyl (C=O) groups excluding carboxylic acids is 1. The van der Waals surface area contributed by atoms with Crippen LogP contribution in [0.2, 0.25) is 0 Å². The second-order valence-corrected chi connectivity index (χ2v) is 9.06. The van der Waals surface area contributed by atoms with E-state index in [0.29, 0.717) is 18.0 Å². The molecule has 2 aliphatic rings. The van der Waals surface area contributed by atoms with Gasteiger partial charge >= 0.3 is 0 Å². The van der Waals surface area contributed by atoms with Crippen molar-refractivity contribution in [1.29, 1.82) is 0 Å². The largest absolute Gasteiger partial charge is 0.340 e. The van der Waals surface area contributed by atoms with E-state index in [4.69, 9.17) is 0 Å². The highest BCUT2D eigenvalue weighted by molar-refractivity contribution is 7.89. The molecule has 0 radical (unpaired) electrons. The molecule has 1 heterocycles. The number of nitrogens with zero attached hydrogens (tertiary/aromatic N) is 2. The van der Waals surface area contributed by atoms with E-state index < -0.39 is 10.0 Å². The molecule has 2 fully saturated rings. The average Bonchev–Trinajstić information content (AvgIpc) is 3.16. The van der Waals surface area contributed by atoms with Crippen LogP contribution in [0.1, 0.15) is 37.7 Å². The van der Waals surface area contributed by atoms with Crippen molar-refractivity contribution in [1.82, 2.24) is 14.5 Å². The van der Waals surface area contributed by atoms with Gasteiger partial charge in [0.15, 0.2) is 0 Å². The molecule has 1 saturated carbocycles. The first kappa shape index (κ1) is 19.3. The van der Waals surface area contributed by atoms with Crippen molar-refractivity contribution in [2.45, 2.75) is 50.0 Å². The molecular weight excluding hydrogens is 350 g/mol. The molecule has 1 aromatic carbocycles. The molecule has 144 valence electrons. The molecular formula is C19H29N3O3S. The van der Waals surface area contributed by atoms with Gasteiger partial charge in [0.2, 0.25) is 15.9 Å². The maximum Gasteiger partial charge on any atom is 0.243 e. The van der Waals surface area contributed by atoms with Crippen molar-refractivity contribution in [3.05, 3.63) is 29.8 Å². The molecule has 3 rings (SSSR count). The maximum absolute atomic E-state index is 13.3. The topological polar surface area (TPSA) is 69.7 Å². The van der Waals surface area contributed by atoms with Crippen LogP contribution in [0.4, 0.5) is 0 Å². The van der Waals surface area contributed by atoms with Gasteiger partial charge in [0.05, 0.1) is 4.90 Å². The summed E-state index contributed by atoms with van der Waals surface area (Å²) >= 11 is 0. The molecule has 0 spiro atoms. The molecule has 1 amide bonds. The Morgan fingerprint density at radius 1 is 1.19 bits per heavy atom. The summed E-state index contributed by atoms with van der Waals surface area (Å²) in [7, 11) is -3.59. The van der Waals surface area contributed by atoms with Crippen molar-refractivity contribution in [3.8, 4) is 0 Å². The third kappa shape index (κ3) is 4.27. The second-order valence-electron chi connectivity index (χ2n) is 7.20. The van der Waals surface area contributed by atoms with Crippen LogP contribution in [0.15, 0.2) is 29.2 Å². The number of aryl methyl sites for hydroxylation is 1. The number of rotatable bonds is 6. The number of hydrogen-bond donors (Lipinski definition) is 1. The molecule has 1 aliphatic carbocycles. The van der Waals surface area contributed by atoms with Crippen LogP contribution in [0.25, 0.3) is 0 Å². The number of nitrogens with one attached hydrogen (secondary N) is 1. The van der Waals surface area contributed by atoms with E-state index in [1.807, 2.05) is 24.0 Å². The van der Waals surface area contributed by atoms with Crippen molar-refractivity contribution >= 4 is 15.9 Å². The monoisotopic (exact) mass is 379 g/mol. The number of hydrogen-bond acceptors (Lipinski definition) is 4. The Bertz CT molecular complexity index is 723. The normalized spacial score (nSPS) is 19.2. The number of piperazine rings is 1. The molecule has 1 saturated heterocycles. The van der Waals surface area contributed by atoms with E-state index in [9.17, 15) is 13.2 Å². The highest BCUT2D eigenvalue weighted by Crippen LogP contribution is 2.30. The van der Waals surface area contributed by atoms with Crippen molar-refractivity contribution in [3.63, 3.8) is 0 Å². The zero-order valence-electron chi connectivity index (χ0n) is 15.5. The number of amides is 1. The first-order chi connectivity index (χ1) is 12.5. The smallest absolute Gasteiger partial charge is 0.243 e. The summed E-state index contributed by atoms with van der Waals surface area (Å²) in [6.07, 6.45) is 4.12. The summed E-state index contributed by atoms with van der Waals surface area (Å²) in [5.41, 5.74) is 0.754. The predicted molar refractivity (Wildman–Crippen MR) is 101 cm³/mol. The van der Waals surface area contributed by atoms with E-state index in [-0.39, 0.29) is 24.9 Å². The van der Waals surface area contributed by atoms with Gasteiger partial charge in [-0.1, -0.05) is 31.0 Å². The Labute approximate surface area is 156 Å². The van der Waals surface area contributed by atoms with Gasteiger partial charge in [0.25, 0.3) is 0 Å². The highest BCUT2D eigenvalue weighted by Gasteiger charge is 2.34. The van der Waals surface area contributed by atoms with Gasteiger partial charge in [-0.05, 0) is 31.4 Å². The fourth-order valence-corrected chi connectivity index (χ4v) is 5.85. The first-order valence-electron chi connectivity index (χ1n) is 9.56. The van der Waals surface area contributed by atoms with Crippen molar-refractivity contribution < 1.29 is 13.2 Å². The molecule has 0 unspecified atom stereocenters. The molecule has 26 heavy (non-hydrogen) atoms. The number of carbonyl (C=O) groups is 1. The van der Waals surface area contributed by atoms with Crippen LogP contribution >= 0.6 is 0 Å². The summed E-state index contributed by atoms with van der Waals surface area (Å²) < 4.78 is 28.2. The molecule has 0 bridgehead atoms. The van der Waals surface area contributed by atoms with Crippen LogP contribution < -0.4 is 5.32 Å². The number of sulfonamides is 1. The lowest BCUT2D eigenvalue weighted by Gasteiger charge is -2.31. The Morgan fingerprint density at radius 2 is 1.85 bits per heavy atom. The Balaban J connectivity index is 1.77. The molecule has 1 N–H and O–H groups in total. The lowest BCUT2D eigenvalue weighted by Crippen LogP contribution is -2.48. The first-order valence-corrected chi connectivity index (χ1v) is 11.0. The Kier molecular flexibility index (Phi) is 6.32. The highest BCUT2D eigenvalue weighted by atomic mass is 32.2. The molecule has 6 nitrogen and oxygen atoms in total. The lowest BCUT2D eigenvalue weighted by atomic mass is 10.2. The summed E-state index contributed by atoms with van der Waals surface area (Å²) in [5.74, 6) is 0.0504. The molecule has 1 aromatic rings. The third-order valence-electron chi connectivity index (χ3n) is 5.43. The lowest BCUT2D eigenvalue weighted by molar-refractivity contribution is -0.131. The zero-order chi connectivity index (χ0) is 18.6. The maximum atomic E-state index is 13.3. The van der Waals surface area contributed by atoms with Gasteiger partial charge in [-0.2, -0.15) is 4.31 Å². The van der Waals surface area contributed by atoms with Crippen molar-refractivity contribution in [2.24, 2.45) is 0 Å². The Hall–Kier alpha value is -1.44. The minimum atomic E-state index is -3.59. The van der Waals surface area contributed by atoms with E-state index in [1.165, 1.54) is 0 Å². The van der Waals surface area contributed by atoms with E-state index in [2.05, 4.69) is 5.32 Å². The molecule has 7 heteroatoms. The SMILES string of the molecule is Cc1ccccc1S(=O)(=O)N(CCC(=O)N1CCNCC1)C1CCCC1. The summed E-state index contributed by atoms with van der Waals surface area (Å²) in [6.45, 7) is 5.11. The van der Waals surface area contributed by atoms with Gasteiger partial charge in [-0.15, -0.1) is 0 Å². The molecule has 0 atom stereocenters. The minimum Gasteiger partial charge on any atom is -0.340 e. The van der Waals surface area contributed by atoms with Crippen LogP contribution in [0, 0.1) is 6.92 Å². The van der Waals surface area contributed by atoms with Gasteiger partial charge in [0, 0.05) is 45.2 Å². The van der Waals surface area contributed by atoms with Gasteiger partial charge in [-0.3, -0.25) is 4.79 Å². The van der Waals surface area contributed by atoms with Gasteiger partial charge in [0.1, 0.15) is 0 Å². The van der Waals surface area contributed by atoms with E-state index >= 15 is 0 Å². The average molecular weight is 380 g/mol. The minimum absolute atomic E-state index is 0.00966. The standard InChI is InChI=1S/C19H29N3O3S/c1-16-6-2-5-9-18(16)26(24,25)22(17-7-3-4-8-17)13-10-19(23)21-14-11-20-12-15-21/h2,5-6,9,17,20H,3-4,7-8,10-15H2,1H3. The fraction of sp³-hybridized carbons (Fsp3) is 0.632. The van der Waals surface area contributed by atoms with Gasteiger partial charge < -0.3 is 10.2 Å². The summed E-state index contributed by atoms with van der Waals surface area (Å²) in [4.78, 5) is 14.7. The zero-order valence-corrected chi connectivity index (χ0v) is 16.3. The predicted octanol–water partition coefficient (Wildman–Crippen LogP) is 1.75. The Morgan fingerprint density at radius 3 is 2.50 bits per heavy atom. The van der Waals surface area contributed by atoms with E-state index in [1.54, 1.807) is 16.4 Å². The van der Waals surface area contributed by atoms with Crippen LogP contribution in [0.3, 0.4) is 0 Å². The summed E-state index contributed by atoms with van der Waals surface area (Å²) in [6, 6.07) is 7.12.